The first kappa shape index (κ1) is 20.0. The maximum Gasteiger partial charge on any atom is 0.344 e. The summed E-state index contributed by atoms with van der Waals surface area (Å²) in [5, 5.41) is 3.71. The summed E-state index contributed by atoms with van der Waals surface area (Å²) >= 11 is 0. The molecule has 0 aliphatic heterocycles. The van der Waals surface area contributed by atoms with E-state index in [0.29, 0.717) is 40.0 Å². The van der Waals surface area contributed by atoms with Gasteiger partial charge in [-0.1, -0.05) is 54.6 Å². The third kappa shape index (κ3) is 3.63. The Morgan fingerprint density at radius 1 is 0.618 bits per heavy atom. The Morgan fingerprint density at radius 2 is 1.41 bits per heavy atom. The van der Waals surface area contributed by atoms with Crippen LogP contribution in [-0.2, 0) is 6.61 Å². The van der Waals surface area contributed by atoms with Gasteiger partial charge in [0.1, 0.15) is 23.5 Å². The summed E-state index contributed by atoms with van der Waals surface area (Å²) in [5.41, 5.74) is 1.57. The lowest BCUT2D eigenvalue weighted by Gasteiger charge is -2.10. The van der Waals surface area contributed by atoms with Crippen LogP contribution in [0, 0.1) is 0 Å². The van der Waals surface area contributed by atoms with Crippen LogP contribution in [-0.4, -0.2) is 0 Å². The van der Waals surface area contributed by atoms with Gasteiger partial charge in [0.15, 0.2) is 0 Å². The number of para-hydroxylation sites is 1. The Balaban J connectivity index is 1.37. The predicted octanol–water partition coefficient (Wildman–Crippen LogP) is 6.30. The van der Waals surface area contributed by atoms with Crippen LogP contribution in [0.25, 0.3) is 43.8 Å². The highest BCUT2D eigenvalue weighted by molar-refractivity contribution is 5.95. The minimum atomic E-state index is -0.554. The second kappa shape index (κ2) is 8.05. The molecule has 6 rings (SSSR count). The van der Waals surface area contributed by atoms with Gasteiger partial charge in [-0.25, -0.2) is 9.59 Å². The lowest BCUT2D eigenvalue weighted by molar-refractivity contribution is 0.306. The first-order valence-corrected chi connectivity index (χ1v) is 10.9. The summed E-state index contributed by atoms with van der Waals surface area (Å²) in [6.07, 6.45) is 0. The van der Waals surface area contributed by atoms with Gasteiger partial charge in [0, 0.05) is 28.5 Å². The number of ether oxygens (including phenoxy) is 1. The zero-order valence-electron chi connectivity index (χ0n) is 18.0. The zero-order valence-corrected chi connectivity index (χ0v) is 18.0. The first-order chi connectivity index (χ1) is 16.6. The second-order valence-corrected chi connectivity index (χ2v) is 8.09. The van der Waals surface area contributed by atoms with Gasteiger partial charge in [-0.15, -0.1) is 0 Å². The molecule has 5 nitrogen and oxygen atoms in total. The van der Waals surface area contributed by atoms with Crippen LogP contribution >= 0.6 is 0 Å². The van der Waals surface area contributed by atoms with Crippen LogP contribution in [0.1, 0.15) is 5.56 Å². The maximum atomic E-state index is 12.7. The third-order valence-electron chi connectivity index (χ3n) is 5.87. The Labute approximate surface area is 193 Å². The van der Waals surface area contributed by atoms with Crippen molar-refractivity contribution in [1.82, 2.24) is 0 Å². The fourth-order valence-corrected chi connectivity index (χ4v) is 4.20. The highest BCUT2D eigenvalue weighted by Gasteiger charge is 2.14. The van der Waals surface area contributed by atoms with Crippen LogP contribution in [0.15, 0.2) is 115 Å². The average Bonchev–Trinajstić information content (AvgIpc) is 2.86. The van der Waals surface area contributed by atoms with Crippen LogP contribution in [0.2, 0.25) is 0 Å². The van der Waals surface area contributed by atoms with E-state index in [1.807, 2.05) is 30.3 Å². The highest BCUT2D eigenvalue weighted by atomic mass is 16.5. The molecule has 0 aliphatic rings. The molecule has 2 heterocycles. The summed E-state index contributed by atoms with van der Waals surface area (Å²) in [5.74, 6) is 0.562. The number of hydrogen-bond donors (Lipinski definition) is 0. The van der Waals surface area contributed by atoms with Gasteiger partial charge in [-0.3, -0.25) is 0 Å². The molecular formula is C29H18O5. The molecule has 34 heavy (non-hydrogen) atoms. The van der Waals surface area contributed by atoms with Crippen molar-refractivity contribution in [3.05, 3.63) is 123 Å². The fraction of sp³-hybridized carbons (Fsp3) is 0.0345. The summed E-state index contributed by atoms with van der Waals surface area (Å²) in [6.45, 7) is 0.370. The lowest BCUT2D eigenvalue weighted by atomic mass is 10.0. The minimum Gasteiger partial charge on any atom is -0.489 e. The predicted molar refractivity (Wildman–Crippen MR) is 132 cm³/mol. The van der Waals surface area contributed by atoms with Crippen molar-refractivity contribution in [2.75, 3.05) is 0 Å². The third-order valence-corrected chi connectivity index (χ3v) is 5.87. The minimum absolute atomic E-state index is 0.307. The lowest BCUT2D eigenvalue weighted by Crippen LogP contribution is -2.06. The molecule has 0 radical (unpaired) electrons. The van der Waals surface area contributed by atoms with Gasteiger partial charge in [-0.05, 0) is 46.7 Å². The van der Waals surface area contributed by atoms with Crippen molar-refractivity contribution in [2.45, 2.75) is 6.61 Å². The van der Waals surface area contributed by atoms with Gasteiger partial charge >= 0.3 is 11.3 Å². The second-order valence-electron chi connectivity index (χ2n) is 8.09. The van der Waals surface area contributed by atoms with Crippen LogP contribution in [0.5, 0.6) is 5.75 Å². The van der Waals surface area contributed by atoms with Gasteiger partial charge < -0.3 is 13.6 Å². The van der Waals surface area contributed by atoms with E-state index in [-0.39, 0.29) is 0 Å². The molecule has 4 aromatic carbocycles. The molecular weight excluding hydrogens is 428 g/mol. The quantitative estimate of drug-likeness (QED) is 0.297. The zero-order chi connectivity index (χ0) is 23.1. The summed E-state index contributed by atoms with van der Waals surface area (Å²) in [7, 11) is 0. The first-order valence-electron chi connectivity index (χ1n) is 10.9. The van der Waals surface area contributed by atoms with E-state index in [2.05, 4.69) is 24.3 Å². The molecule has 0 unspecified atom stereocenters. The summed E-state index contributed by atoms with van der Waals surface area (Å²) in [6, 6.07) is 29.9. The number of rotatable bonds is 4. The molecule has 2 aromatic heterocycles. The van der Waals surface area contributed by atoms with E-state index in [1.165, 1.54) is 11.5 Å². The largest absolute Gasteiger partial charge is 0.489 e. The molecule has 0 saturated heterocycles. The fourth-order valence-electron chi connectivity index (χ4n) is 4.20. The summed E-state index contributed by atoms with van der Waals surface area (Å²) < 4.78 is 16.9. The van der Waals surface area contributed by atoms with Crippen molar-refractivity contribution in [2.24, 2.45) is 0 Å². The van der Waals surface area contributed by atoms with Gasteiger partial charge in [0.25, 0.3) is 0 Å². The molecule has 5 heteroatoms. The highest BCUT2D eigenvalue weighted by Crippen LogP contribution is 2.30. The van der Waals surface area contributed by atoms with Crippen LogP contribution < -0.4 is 16.0 Å². The molecule has 0 aliphatic carbocycles. The average molecular weight is 446 g/mol. The Bertz CT molecular complexity index is 1810. The monoisotopic (exact) mass is 446 g/mol. The van der Waals surface area contributed by atoms with Crippen molar-refractivity contribution in [3.8, 4) is 16.9 Å². The molecule has 0 amide bonds. The van der Waals surface area contributed by atoms with Crippen molar-refractivity contribution in [1.29, 1.82) is 0 Å². The van der Waals surface area contributed by atoms with E-state index in [0.717, 1.165) is 16.3 Å². The van der Waals surface area contributed by atoms with Crippen molar-refractivity contribution in [3.63, 3.8) is 0 Å². The van der Waals surface area contributed by atoms with Crippen LogP contribution in [0.3, 0.4) is 0 Å². The summed E-state index contributed by atoms with van der Waals surface area (Å²) in [4.78, 5) is 25.0. The smallest absolute Gasteiger partial charge is 0.344 e. The van der Waals surface area contributed by atoms with Gasteiger partial charge in [-0.2, -0.15) is 0 Å². The van der Waals surface area contributed by atoms with Gasteiger partial charge in [0.05, 0.1) is 5.56 Å². The van der Waals surface area contributed by atoms with Crippen molar-refractivity contribution < 1.29 is 13.6 Å². The Kier molecular flexibility index (Phi) is 4.73. The standard InChI is InChI=1S/C29H18O5/c30-28-16-24(25-14-21-7-3-4-8-26(21)34-29(25)31)23-12-11-22(15-27(23)33-28)32-17-18-9-10-19-5-1-2-6-20(19)13-18/h1-16H,17H2. The number of hydrogen-bond acceptors (Lipinski definition) is 5. The van der Waals surface area contributed by atoms with E-state index in [1.54, 1.807) is 36.4 Å². The van der Waals surface area contributed by atoms with E-state index >= 15 is 0 Å². The van der Waals surface area contributed by atoms with E-state index < -0.39 is 11.3 Å². The molecule has 164 valence electrons. The molecule has 0 spiro atoms. The molecule has 0 N–H and O–H groups in total. The molecule has 0 atom stereocenters. The molecule has 6 aromatic rings. The van der Waals surface area contributed by atoms with Crippen LogP contribution in [0.4, 0.5) is 0 Å². The van der Waals surface area contributed by atoms with Crippen molar-refractivity contribution >= 4 is 32.7 Å². The molecule has 0 saturated carbocycles. The topological polar surface area (TPSA) is 69.7 Å². The Hall–Kier alpha value is -4.64. The van der Waals surface area contributed by atoms with E-state index in [4.69, 9.17) is 13.6 Å². The maximum absolute atomic E-state index is 12.7. The normalized spacial score (nSPS) is 11.3. The number of fused-ring (bicyclic) bond motifs is 3. The molecule has 0 fully saturated rings. The Morgan fingerprint density at radius 3 is 2.29 bits per heavy atom. The SMILES string of the molecule is O=c1cc(-c2cc3ccccc3oc2=O)c2ccc(OCc3ccc4ccccc4c3)cc2o1. The van der Waals surface area contributed by atoms with Gasteiger partial charge in [0.2, 0.25) is 0 Å². The molecule has 0 bridgehead atoms. The van der Waals surface area contributed by atoms with E-state index in [9.17, 15) is 9.59 Å². The number of benzene rings is 4.